The van der Waals surface area contributed by atoms with Crippen molar-refractivity contribution in [2.45, 2.75) is 32.9 Å². The Kier molecular flexibility index (Phi) is 5.75. The van der Waals surface area contributed by atoms with E-state index >= 15 is 0 Å². The number of hydrogen-bond acceptors (Lipinski definition) is 5. The van der Waals surface area contributed by atoms with Crippen molar-refractivity contribution in [3.8, 4) is 0 Å². The van der Waals surface area contributed by atoms with Crippen LogP contribution >= 0.6 is 0 Å². The first-order valence-electron chi connectivity index (χ1n) is 9.02. The predicted molar refractivity (Wildman–Crippen MR) is 92.1 cm³/mol. The highest BCUT2D eigenvalue weighted by Crippen LogP contribution is 2.27. The molecule has 2 aliphatic rings. The quantitative estimate of drug-likeness (QED) is 0.862. The second kappa shape index (κ2) is 8.01. The molecule has 2 aliphatic heterocycles. The number of rotatable bonds is 5. The molecule has 2 amide bonds. The van der Waals surface area contributed by atoms with Crippen LogP contribution in [-0.2, 0) is 16.1 Å². The van der Waals surface area contributed by atoms with Gasteiger partial charge in [-0.2, -0.15) is 0 Å². The van der Waals surface area contributed by atoms with E-state index in [4.69, 9.17) is 9.15 Å². The molecule has 0 radical (unpaired) electrons. The molecule has 0 saturated carbocycles. The lowest BCUT2D eigenvalue weighted by molar-refractivity contribution is -0.119. The van der Waals surface area contributed by atoms with Crippen molar-refractivity contribution in [2.24, 2.45) is 5.92 Å². The van der Waals surface area contributed by atoms with E-state index in [1.165, 1.54) is 6.92 Å². The van der Waals surface area contributed by atoms with Crippen LogP contribution in [0.5, 0.6) is 0 Å². The molecule has 2 fully saturated rings. The zero-order valence-electron chi connectivity index (χ0n) is 15.0. The average molecular weight is 349 g/mol. The molecule has 1 aromatic heterocycles. The fourth-order valence-corrected chi connectivity index (χ4v) is 3.70. The summed E-state index contributed by atoms with van der Waals surface area (Å²) in [6.45, 7) is 8.85. The molecule has 7 heteroatoms. The summed E-state index contributed by atoms with van der Waals surface area (Å²) in [5.74, 6) is 1.23. The van der Waals surface area contributed by atoms with E-state index in [0.29, 0.717) is 30.0 Å². The Bertz CT molecular complexity index is 609. The summed E-state index contributed by atoms with van der Waals surface area (Å²) in [5, 5.41) is 2.67. The second-order valence-corrected chi connectivity index (χ2v) is 6.77. The summed E-state index contributed by atoms with van der Waals surface area (Å²) >= 11 is 0. The normalized spacial score (nSPS) is 24.5. The first-order valence-corrected chi connectivity index (χ1v) is 9.02. The number of nitrogens with zero attached hydrogens (tertiary/aromatic N) is 2. The molecular formula is C18H27N3O4. The largest absolute Gasteiger partial charge is 0.454 e. The molecule has 2 saturated heterocycles. The Labute approximate surface area is 148 Å². The molecule has 2 atom stereocenters. The number of carbonyl (C=O) groups is 2. The van der Waals surface area contributed by atoms with Gasteiger partial charge < -0.3 is 19.4 Å². The Balaban J connectivity index is 1.63. The number of ether oxygens (including phenoxy) is 1. The monoisotopic (exact) mass is 349 g/mol. The van der Waals surface area contributed by atoms with Crippen LogP contribution in [0, 0.1) is 5.92 Å². The molecule has 25 heavy (non-hydrogen) atoms. The Morgan fingerprint density at radius 3 is 2.68 bits per heavy atom. The lowest BCUT2D eigenvalue weighted by Gasteiger charge is -2.34. The van der Waals surface area contributed by atoms with Crippen molar-refractivity contribution in [2.75, 3.05) is 39.4 Å². The highest BCUT2D eigenvalue weighted by molar-refractivity contribution is 5.91. The summed E-state index contributed by atoms with van der Waals surface area (Å²) in [5.41, 5.74) is 0. The third kappa shape index (κ3) is 4.22. The van der Waals surface area contributed by atoms with Crippen LogP contribution in [0.15, 0.2) is 16.5 Å². The number of furan rings is 1. The van der Waals surface area contributed by atoms with Crippen LogP contribution < -0.4 is 5.32 Å². The van der Waals surface area contributed by atoms with Gasteiger partial charge >= 0.3 is 0 Å². The van der Waals surface area contributed by atoms with Gasteiger partial charge in [0.15, 0.2) is 5.76 Å². The minimum Gasteiger partial charge on any atom is -0.454 e. The van der Waals surface area contributed by atoms with Crippen molar-refractivity contribution < 1.29 is 18.7 Å². The van der Waals surface area contributed by atoms with Gasteiger partial charge in [-0.25, -0.2) is 0 Å². The van der Waals surface area contributed by atoms with Crippen molar-refractivity contribution in [3.05, 3.63) is 23.7 Å². The summed E-state index contributed by atoms with van der Waals surface area (Å²) in [6.07, 6.45) is 1.05. The molecule has 0 spiro atoms. The maximum absolute atomic E-state index is 12.8. The van der Waals surface area contributed by atoms with Crippen molar-refractivity contribution in [1.29, 1.82) is 0 Å². The SMILES string of the molecule is CCC1CN(C(=O)c2ccc(CNC(C)=O)o2)CC1N1CCOCC1. The van der Waals surface area contributed by atoms with E-state index in [2.05, 4.69) is 17.1 Å². The molecule has 1 aromatic rings. The van der Waals surface area contributed by atoms with Gasteiger partial charge in [0.25, 0.3) is 5.91 Å². The highest BCUT2D eigenvalue weighted by atomic mass is 16.5. The van der Waals surface area contributed by atoms with Gasteiger partial charge in [-0.3, -0.25) is 14.5 Å². The van der Waals surface area contributed by atoms with Crippen molar-refractivity contribution in [3.63, 3.8) is 0 Å². The molecule has 3 heterocycles. The molecule has 1 N–H and O–H groups in total. The minimum absolute atomic E-state index is 0.0664. The zero-order chi connectivity index (χ0) is 17.8. The lowest BCUT2D eigenvalue weighted by atomic mass is 9.99. The van der Waals surface area contributed by atoms with E-state index in [0.717, 1.165) is 45.8 Å². The topological polar surface area (TPSA) is 75.0 Å². The fraction of sp³-hybridized carbons (Fsp3) is 0.667. The number of amides is 2. The first-order chi connectivity index (χ1) is 12.1. The van der Waals surface area contributed by atoms with Gasteiger partial charge in [0.2, 0.25) is 5.91 Å². The van der Waals surface area contributed by atoms with E-state index in [-0.39, 0.29) is 11.8 Å². The molecule has 0 bridgehead atoms. The smallest absolute Gasteiger partial charge is 0.289 e. The summed E-state index contributed by atoms with van der Waals surface area (Å²) < 4.78 is 11.1. The number of nitrogens with one attached hydrogen (secondary N) is 1. The van der Waals surface area contributed by atoms with Gasteiger partial charge in [0, 0.05) is 39.1 Å². The van der Waals surface area contributed by atoms with Gasteiger partial charge in [-0.1, -0.05) is 13.3 Å². The van der Waals surface area contributed by atoms with E-state index in [1.54, 1.807) is 12.1 Å². The standard InChI is InChI=1S/C18H27N3O4/c1-3-14-11-21(12-16(14)20-6-8-24-9-7-20)18(23)17-5-4-15(25-17)10-19-13(2)22/h4-5,14,16H,3,6-12H2,1-2H3,(H,19,22). The van der Waals surface area contributed by atoms with Crippen LogP contribution in [-0.4, -0.2) is 67.0 Å². The van der Waals surface area contributed by atoms with Gasteiger partial charge in [0.05, 0.1) is 19.8 Å². The second-order valence-electron chi connectivity index (χ2n) is 6.77. The van der Waals surface area contributed by atoms with Crippen LogP contribution in [0.1, 0.15) is 36.6 Å². The zero-order valence-corrected chi connectivity index (χ0v) is 15.0. The van der Waals surface area contributed by atoms with Crippen LogP contribution in [0.25, 0.3) is 0 Å². The maximum Gasteiger partial charge on any atom is 0.289 e. The summed E-state index contributed by atoms with van der Waals surface area (Å²) in [6, 6.07) is 3.84. The number of hydrogen-bond donors (Lipinski definition) is 1. The van der Waals surface area contributed by atoms with Gasteiger partial charge in [-0.05, 0) is 18.1 Å². The summed E-state index contributed by atoms with van der Waals surface area (Å²) in [7, 11) is 0. The van der Waals surface area contributed by atoms with Crippen LogP contribution in [0.3, 0.4) is 0 Å². The van der Waals surface area contributed by atoms with Crippen LogP contribution in [0.4, 0.5) is 0 Å². The van der Waals surface area contributed by atoms with E-state index in [1.807, 2.05) is 4.90 Å². The number of morpholine rings is 1. The highest BCUT2D eigenvalue weighted by Gasteiger charge is 2.38. The fourth-order valence-electron chi connectivity index (χ4n) is 3.70. The van der Waals surface area contributed by atoms with Crippen LogP contribution in [0.2, 0.25) is 0 Å². The molecular weight excluding hydrogens is 322 g/mol. The lowest BCUT2D eigenvalue weighted by Crippen LogP contribution is -2.47. The molecule has 3 rings (SSSR count). The molecule has 0 aromatic carbocycles. The van der Waals surface area contributed by atoms with E-state index < -0.39 is 0 Å². The van der Waals surface area contributed by atoms with E-state index in [9.17, 15) is 9.59 Å². The third-order valence-corrected chi connectivity index (χ3v) is 5.12. The molecule has 0 aliphatic carbocycles. The van der Waals surface area contributed by atoms with Gasteiger partial charge in [0.1, 0.15) is 5.76 Å². The third-order valence-electron chi connectivity index (χ3n) is 5.12. The average Bonchev–Trinajstić information content (AvgIpc) is 3.27. The molecule has 7 nitrogen and oxygen atoms in total. The Hall–Kier alpha value is -1.86. The Morgan fingerprint density at radius 1 is 1.24 bits per heavy atom. The van der Waals surface area contributed by atoms with Gasteiger partial charge in [-0.15, -0.1) is 0 Å². The Morgan fingerprint density at radius 2 is 2.00 bits per heavy atom. The first kappa shape index (κ1) is 17.9. The van der Waals surface area contributed by atoms with Crippen molar-refractivity contribution in [1.82, 2.24) is 15.1 Å². The maximum atomic E-state index is 12.8. The minimum atomic E-state index is -0.122. The molecule has 2 unspecified atom stereocenters. The van der Waals surface area contributed by atoms with Crippen molar-refractivity contribution >= 4 is 11.8 Å². The summed E-state index contributed by atoms with van der Waals surface area (Å²) in [4.78, 5) is 28.1. The molecule has 138 valence electrons. The number of likely N-dealkylation sites (tertiary alicyclic amines) is 1. The number of carbonyl (C=O) groups excluding carboxylic acids is 2. The predicted octanol–water partition coefficient (Wildman–Crippen LogP) is 1.10.